The maximum Gasteiger partial charge on any atom is 0.462 e. The van der Waals surface area contributed by atoms with Crippen LogP contribution in [0.4, 0.5) is 11.4 Å². The molecule has 0 saturated carbocycles. The van der Waals surface area contributed by atoms with Crippen molar-refractivity contribution in [3.8, 4) is 0 Å². The van der Waals surface area contributed by atoms with Gasteiger partial charge in [-0.15, -0.1) is 0 Å². The Labute approximate surface area is 95.2 Å². The third-order valence-corrected chi connectivity index (χ3v) is 2.17. The van der Waals surface area contributed by atoms with Crippen molar-refractivity contribution in [2.45, 2.75) is 0 Å². The molecular weight excluding hydrogens is 201 g/mol. The molecule has 0 unspecified atom stereocenters. The number of rotatable bonds is 4. The smallest absolute Gasteiger partial charge is 0.429 e. The number of anilines is 2. The van der Waals surface area contributed by atoms with E-state index in [4.69, 9.17) is 9.78 Å². The highest BCUT2D eigenvalue weighted by Gasteiger charge is 2.08. The van der Waals surface area contributed by atoms with Crippen molar-refractivity contribution < 1.29 is 9.78 Å². The van der Waals surface area contributed by atoms with E-state index in [1.807, 2.05) is 60.7 Å². The maximum atomic E-state index is 8.90. The molecule has 0 aliphatic carbocycles. The molecule has 0 radical (unpaired) electrons. The van der Waals surface area contributed by atoms with Crippen molar-refractivity contribution in [2.24, 2.45) is 0 Å². The molecule has 0 heterocycles. The van der Waals surface area contributed by atoms with Gasteiger partial charge in [0.1, 0.15) is 0 Å². The van der Waals surface area contributed by atoms with Gasteiger partial charge in [0.2, 0.25) is 0 Å². The normalized spacial score (nSPS) is 9.81. The van der Waals surface area contributed by atoms with Crippen LogP contribution in [0.15, 0.2) is 60.7 Å². The average molecular weight is 213 g/mol. The van der Waals surface area contributed by atoms with E-state index >= 15 is 0 Å². The summed E-state index contributed by atoms with van der Waals surface area (Å²) in [5.41, 5.74) is 1.76. The quantitative estimate of drug-likeness (QED) is 0.622. The summed E-state index contributed by atoms with van der Waals surface area (Å²) in [5.74, 6) is 0. The van der Waals surface area contributed by atoms with Crippen LogP contribution in [0.3, 0.4) is 0 Å². The first-order valence-electron chi connectivity index (χ1n) is 5.06. The van der Waals surface area contributed by atoms with Gasteiger partial charge in [-0.2, -0.15) is 0 Å². The van der Waals surface area contributed by atoms with E-state index in [0.717, 1.165) is 11.4 Å². The minimum Gasteiger partial charge on any atom is -0.429 e. The van der Waals surface area contributed by atoms with E-state index in [9.17, 15) is 0 Å². The molecule has 3 nitrogen and oxygen atoms in total. The lowest BCUT2D eigenvalue weighted by Crippen LogP contribution is -2.19. The molecule has 0 spiro atoms. The molecule has 0 fully saturated rings. The Bertz CT molecular complexity index is 382. The van der Waals surface area contributed by atoms with E-state index in [2.05, 4.69) is 0 Å². The second-order valence-corrected chi connectivity index (χ2v) is 3.22. The molecule has 4 heteroatoms. The average Bonchev–Trinajstić information content (AvgIpc) is 2.38. The number of benzene rings is 2. The van der Waals surface area contributed by atoms with Crippen LogP contribution in [0.1, 0.15) is 0 Å². The number of para-hydroxylation sites is 2. The Balaban J connectivity index is 2.31. The lowest BCUT2D eigenvalue weighted by Gasteiger charge is -2.22. The highest BCUT2D eigenvalue weighted by atomic mass is 16.7. The fourth-order valence-electron chi connectivity index (χ4n) is 1.48. The van der Waals surface area contributed by atoms with Gasteiger partial charge >= 0.3 is 7.69 Å². The molecule has 80 valence electrons. The van der Waals surface area contributed by atoms with Crippen molar-refractivity contribution in [2.75, 3.05) is 5.06 Å². The first-order chi connectivity index (χ1) is 7.92. The van der Waals surface area contributed by atoms with Crippen LogP contribution in [0.2, 0.25) is 0 Å². The predicted octanol–water partition coefficient (Wildman–Crippen LogP) is 2.02. The first kappa shape index (κ1) is 10.7. The minimum atomic E-state index is -0.357. The highest BCUT2D eigenvalue weighted by Crippen LogP contribution is 2.24. The molecule has 2 aromatic carbocycles. The largest absolute Gasteiger partial charge is 0.462 e. The van der Waals surface area contributed by atoms with Crippen LogP contribution in [0.5, 0.6) is 0 Å². The maximum absolute atomic E-state index is 8.90. The van der Waals surface area contributed by atoms with Crippen molar-refractivity contribution in [1.82, 2.24) is 0 Å². The molecule has 16 heavy (non-hydrogen) atoms. The molecule has 0 aromatic heterocycles. The summed E-state index contributed by atoms with van der Waals surface area (Å²) in [4.78, 5) is 0. The Kier molecular flexibility index (Phi) is 3.59. The third-order valence-electron chi connectivity index (χ3n) is 2.17. The Morgan fingerprint density at radius 1 is 0.812 bits per heavy atom. The Morgan fingerprint density at radius 3 is 1.62 bits per heavy atom. The topological polar surface area (TPSA) is 32.7 Å². The van der Waals surface area contributed by atoms with Gasteiger partial charge in [-0.3, -0.25) is 4.76 Å². The summed E-state index contributed by atoms with van der Waals surface area (Å²) < 4.78 is 5.20. The molecular formula is C12H12BNO2. The fourth-order valence-corrected chi connectivity index (χ4v) is 1.48. The summed E-state index contributed by atoms with van der Waals surface area (Å²) >= 11 is 0. The Morgan fingerprint density at radius 2 is 1.25 bits per heavy atom. The lowest BCUT2D eigenvalue weighted by atomic mass is 10.2. The standard InChI is InChI=1S/C12H12BNO2/c15-13-16-14(11-7-3-1-4-8-11)12-9-5-2-6-10-12/h1-10,13,15H. The van der Waals surface area contributed by atoms with Gasteiger partial charge < -0.3 is 5.02 Å². The fraction of sp³-hybridized carbons (Fsp3) is 0. The predicted molar refractivity (Wildman–Crippen MR) is 65.5 cm³/mol. The summed E-state index contributed by atoms with van der Waals surface area (Å²) in [6.07, 6.45) is 0. The summed E-state index contributed by atoms with van der Waals surface area (Å²) in [7, 11) is -0.357. The zero-order chi connectivity index (χ0) is 11.2. The summed E-state index contributed by atoms with van der Waals surface area (Å²) in [6.45, 7) is 0. The molecule has 0 aliphatic rings. The van der Waals surface area contributed by atoms with Crippen LogP contribution in [0, 0.1) is 0 Å². The van der Waals surface area contributed by atoms with Crippen LogP contribution < -0.4 is 5.06 Å². The molecule has 0 bridgehead atoms. The van der Waals surface area contributed by atoms with Gasteiger partial charge in [-0.1, -0.05) is 36.4 Å². The van der Waals surface area contributed by atoms with Crippen molar-refractivity contribution in [1.29, 1.82) is 0 Å². The van der Waals surface area contributed by atoms with E-state index in [-0.39, 0.29) is 7.69 Å². The number of hydrogen-bond donors (Lipinski definition) is 1. The van der Waals surface area contributed by atoms with Gasteiger partial charge in [0.15, 0.2) is 0 Å². The zero-order valence-electron chi connectivity index (χ0n) is 8.78. The molecule has 2 aromatic rings. The minimum absolute atomic E-state index is 0.357. The lowest BCUT2D eigenvalue weighted by molar-refractivity contribution is 0.289. The number of hydrogen-bond acceptors (Lipinski definition) is 3. The zero-order valence-corrected chi connectivity index (χ0v) is 8.78. The molecule has 0 atom stereocenters. The van der Waals surface area contributed by atoms with Gasteiger partial charge in [0, 0.05) is 0 Å². The van der Waals surface area contributed by atoms with Crippen molar-refractivity contribution in [3.63, 3.8) is 0 Å². The Hall–Kier alpha value is -1.78. The summed E-state index contributed by atoms with van der Waals surface area (Å²) in [5, 5.41) is 10.5. The van der Waals surface area contributed by atoms with Crippen molar-refractivity contribution >= 4 is 19.1 Å². The van der Waals surface area contributed by atoms with Gasteiger partial charge in [0.25, 0.3) is 0 Å². The third kappa shape index (κ3) is 2.42. The monoisotopic (exact) mass is 213 g/mol. The SMILES string of the molecule is OBON(c1ccccc1)c1ccccc1. The first-order valence-corrected chi connectivity index (χ1v) is 5.06. The molecule has 0 aliphatic heterocycles. The van der Waals surface area contributed by atoms with Crippen LogP contribution in [0.25, 0.3) is 0 Å². The molecule has 2 rings (SSSR count). The van der Waals surface area contributed by atoms with Crippen molar-refractivity contribution in [3.05, 3.63) is 60.7 Å². The van der Waals surface area contributed by atoms with Crippen LogP contribution in [-0.2, 0) is 4.76 Å². The van der Waals surface area contributed by atoms with E-state index in [1.165, 1.54) is 0 Å². The van der Waals surface area contributed by atoms with Gasteiger partial charge in [-0.25, -0.2) is 5.06 Å². The molecule has 0 amide bonds. The van der Waals surface area contributed by atoms with E-state index < -0.39 is 0 Å². The van der Waals surface area contributed by atoms with E-state index in [0.29, 0.717) is 0 Å². The summed E-state index contributed by atoms with van der Waals surface area (Å²) in [6, 6.07) is 19.2. The van der Waals surface area contributed by atoms with Gasteiger partial charge in [0.05, 0.1) is 11.4 Å². The molecule has 1 N–H and O–H groups in total. The van der Waals surface area contributed by atoms with Crippen LogP contribution >= 0.6 is 0 Å². The van der Waals surface area contributed by atoms with Gasteiger partial charge in [-0.05, 0) is 24.3 Å². The second kappa shape index (κ2) is 5.35. The number of nitrogens with zero attached hydrogens (tertiary/aromatic N) is 1. The second-order valence-electron chi connectivity index (χ2n) is 3.22. The highest BCUT2D eigenvalue weighted by molar-refractivity contribution is 6.16. The molecule has 0 saturated heterocycles. The van der Waals surface area contributed by atoms with E-state index in [1.54, 1.807) is 5.06 Å². The van der Waals surface area contributed by atoms with Crippen LogP contribution in [-0.4, -0.2) is 12.7 Å².